The van der Waals surface area contributed by atoms with Gasteiger partial charge in [-0.25, -0.2) is 4.68 Å². The molecule has 3 rings (SSSR count). The molecule has 1 amide bonds. The highest BCUT2D eigenvalue weighted by molar-refractivity contribution is 6.03. The van der Waals surface area contributed by atoms with Gasteiger partial charge in [0.2, 0.25) is 5.43 Å². The summed E-state index contributed by atoms with van der Waals surface area (Å²) in [6.45, 7) is 2.47. The number of hydrogen-bond acceptors (Lipinski definition) is 6. The number of nitrogens with zero attached hydrogens (tertiary/aromatic N) is 2. The summed E-state index contributed by atoms with van der Waals surface area (Å²) < 4.78 is 17.3. The second-order valence-electron chi connectivity index (χ2n) is 5.92. The van der Waals surface area contributed by atoms with Crippen LogP contribution in [0.2, 0.25) is 0 Å². The molecule has 0 spiro atoms. The number of nitrogens with one attached hydrogen (secondary N) is 1. The SMILES string of the molecule is CCOc1ccc(-n2ccc(=O)c(C(=O)Nc3cc(OC)ccc3OC)n2)cc1. The first kappa shape index (κ1) is 19.9. The first-order valence-corrected chi connectivity index (χ1v) is 8.92. The number of ether oxygens (including phenoxy) is 3. The van der Waals surface area contributed by atoms with E-state index < -0.39 is 11.3 Å². The number of anilines is 1. The van der Waals surface area contributed by atoms with Gasteiger partial charge in [-0.15, -0.1) is 0 Å². The molecule has 0 aliphatic carbocycles. The van der Waals surface area contributed by atoms with Gasteiger partial charge in [0.1, 0.15) is 17.2 Å². The molecule has 0 saturated heterocycles. The molecule has 0 aliphatic rings. The van der Waals surface area contributed by atoms with Crippen LogP contribution in [-0.2, 0) is 0 Å². The summed E-state index contributed by atoms with van der Waals surface area (Å²) in [5.41, 5.74) is 0.314. The molecule has 2 aromatic carbocycles. The molecular formula is C21H21N3O5. The van der Waals surface area contributed by atoms with Crippen LogP contribution in [0, 0.1) is 0 Å². The molecular weight excluding hydrogens is 374 g/mol. The molecule has 8 nitrogen and oxygen atoms in total. The van der Waals surface area contributed by atoms with E-state index in [0.717, 1.165) is 5.75 Å². The first-order chi connectivity index (χ1) is 14.0. The maximum absolute atomic E-state index is 12.7. The largest absolute Gasteiger partial charge is 0.497 e. The number of aromatic nitrogens is 2. The Morgan fingerprint density at radius 3 is 2.41 bits per heavy atom. The van der Waals surface area contributed by atoms with Crippen molar-refractivity contribution in [3.8, 4) is 22.9 Å². The van der Waals surface area contributed by atoms with E-state index in [-0.39, 0.29) is 5.69 Å². The van der Waals surface area contributed by atoms with Crippen LogP contribution in [0.1, 0.15) is 17.4 Å². The average Bonchev–Trinajstić information content (AvgIpc) is 2.74. The third-order valence-corrected chi connectivity index (χ3v) is 4.09. The van der Waals surface area contributed by atoms with Crippen LogP contribution in [0.15, 0.2) is 59.5 Å². The number of rotatable bonds is 7. The average molecular weight is 395 g/mol. The van der Waals surface area contributed by atoms with E-state index in [1.54, 1.807) is 42.5 Å². The first-order valence-electron chi connectivity index (χ1n) is 8.92. The zero-order chi connectivity index (χ0) is 20.8. The third-order valence-electron chi connectivity index (χ3n) is 4.09. The van der Waals surface area contributed by atoms with Gasteiger partial charge in [0, 0.05) is 18.3 Å². The quantitative estimate of drug-likeness (QED) is 0.661. The monoisotopic (exact) mass is 395 g/mol. The molecule has 0 unspecified atom stereocenters. The van der Waals surface area contributed by atoms with Gasteiger partial charge in [-0.2, -0.15) is 5.10 Å². The summed E-state index contributed by atoms with van der Waals surface area (Å²) in [4.78, 5) is 25.0. The van der Waals surface area contributed by atoms with Gasteiger partial charge >= 0.3 is 0 Å². The Kier molecular flexibility index (Phi) is 6.13. The van der Waals surface area contributed by atoms with Crippen LogP contribution < -0.4 is 25.0 Å². The normalized spacial score (nSPS) is 10.3. The van der Waals surface area contributed by atoms with E-state index in [4.69, 9.17) is 14.2 Å². The van der Waals surface area contributed by atoms with E-state index >= 15 is 0 Å². The van der Waals surface area contributed by atoms with E-state index in [2.05, 4.69) is 10.4 Å². The minimum Gasteiger partial charge on any atom is -0.497 e. The molecule has 1 aromatic heterocycles. The number of carbonyl (C=O) groups excluding carboxylic acids is 1. The Balaban J connectivity index is 1.90. The molecule has 0 saturated carbocycles. The van der Waals surface area contributed by atoms with Crippen molar-refractivity contribution in [1.82, 2.24) is 9.78 Å². The van der Waals surface area contributed by atoms with Gasteiger partial charge in [0.25, 0.3) is 5.91 Å². The van der Waals surface area contributed by atoms with Crippen molar-refractivity contribution in [2.45, 2.75) is 6.92 Å². The highest BCUT2D eigenvalue weighted by Crippen LogP contribution is 2.29. The second-order valence-corrected chi connectivity index (χ2v) is 5.92. The molecule has 0 aliphatic heterocycles. The Morgan fingerprint density at radius 1 is 1.03 bits per heavy atom. The molecule has 29 heavy (non-hydrogen) atoms. The summed E-state index contributed by atoms with van der Waals surface area (Å²) in [5, 5.41) is 6.85. The molecule has 0 radical (unpaired) electrons. The van der Waals surface area contributed by atoms with E-state index in [9.17, 15) is 9.59 Å². The van der Waals surface area contributed by atoms with Crippen molar-refractivity contribution < 1.29 is 19.0 Å². The minimum atomic E-state index is -0.651. The molecule has 1 N–H and O–H groups in total. The van der Waals surface area contributed by atoms with Gasteiger partial charge in [-0.1, -0.05) is 0 Å². The summed E-state index contributed by atoms with van der Waals surface area (Å²) >= 11 is 0. The standard InChI is InChI=1S/C21H21N3O5/c1-4-29-15-7-5-14(6-8-15)24-12-11-18(25)20(23-24)21(26)22-17-13-16(27-2)9-10-19(17)28-3/h5-13H,4H2,1-3H3,(H,22,26). The fourth-order valence-electron chi connectivity index (χ4n) is 2.66. The van der Waals surface area contributed by atoms with Crippen LogP contribution in [0.3, 0.4) is 0 Å². The highest BCUT2D eigenvalue weighted by Gasteiger charge is 2.16. The summed E-state index contributed by atoms with van der Waals surface area (Å²) in [7, 11) is 3.00. The van der Waals surface area contributed by atoms with Crippen LogP contribution in [0.5, 0.6) is 17.2 Å². The minimum absolute atomic E-state index is 0.244. The van der Waals surface area contributed by atoms with Crippen LogP contribution in [0.4, 0.5) is 5.69 Å². The topological polar surface area (TPSA) is 91.7 Å². The van der Waals surface area contributed by atoms with Crippen molar-refractivity contribution in [1.29, 1.82) is 0 Å². The maximum atomic E-state index is 12.7. The lowest BCUT2D eigenvalue weighted by Gasteiger charge is -2.12. The number of benzene rings is 2. The predicted octanol–water partition coefficient (Wildman–Crippen LogP) is 2.90. The second kappa shape index (κ2) is 8.92. The predicted molar refractivity (Wildman–Crippen MR) is 109 cm³/mol. The van der Waals surface area contributed by atoms with Crippen molar-refractivity contribution in [3.05, 3.63) is 70.6 Å². The Morgan fingerprint density at radius 2 is 1.76 bits per heavy atom. The molecule has 3 aromatic rings. The Hall–Kier alpha value is -3.81. The summed E-state index contributed by atoms with van der Waals surface area (Å²) in [6, 6.07) is 13.4. The number of carbonyl (C=O) groups is 1. The van der Waals surface area contributed by atoms with E-state index in [1.165, 1.54) is 31.2 Å². The van der Waals surface area contributed by atoms with Crippen molar-refractivity contribution in [2.24, 2.45) is 0 Å². The lowest BCUT2D eigenvalue weighted by Crippen LogP contribution is -2.25. The molecule has 8 heteroatoms. The molecule has 0 fully saturated rings. The maximum Gasteiger partial charge on any atom is 0.280 e. The van der Waals surface area contributed by atoms with Crippen molar-refractivity contribution >= 4 is 11.6 Å². The van der Waals surface area contributed by atoms with Gasteiger partial charge < -0.3 is 19.5 Å². The number of hydrogen-bond donors (Lipinski definition) is 1. The van der Waals surface area contributed by atoms with Crippen LogP contribution in [-0.4, -0.2) is 36.5 Å². The molecule has 1 heterocycles. The van der Waals surface area contributed by atoms with Crippen LogP contribution in [0.25, 0.3) is 5.69 Å². The molecule has 150 valence electrons. The van der Waals surface area contributed by atoms with Crippen LogP contribution >= 0.6 is 0 Å². The van der Waals surface area contributed by atoms with Gasteiger partial charge in [-0.3, -0.25) is 9.59 Å². The zero-order valence-corrected chi connectivity index (χ0v) is 16.3. The fraction of sp³-hybridized carbons (Fsp3) is 0.190. The lowest BCUT2D eigenvalue weighted by molar-refractivity contribution is 0.101. The van der Waals surface area contributed by atoms with Gasteiger partial charge in [0.15, 0.2) is 5.69 Å². The lowest BCUT2D eigenvalue weighted by atomic mass is 10.2. The van der Waals surface area contributed by atoms with E-state index in [1.807, 2.05) is 6.92 Å². The Bertz CT molecular complexity index is 1060. The molecule has 0 atom stereocenters. The number of methoxy groups -OCH3 is 2. The van der Waals surface area contributed by atoms with E-state index in [0.29, 0.717) is 29.5 Å². The Labute approximate surface area is 167 Å². The zero-order valence-electron chi connectivity index (χ0n) is 16.3. The van der Waals surface area contributed by atoms with Gasteiger partial charge in [0.05, 0.1) is 32.2 Å². The third kappa shape index (κ3) is 4.55. The van der Waals surface area contributed by atoms with Crippen molar-refractivity contribution in [2.75, 3.05) is 26.1 Å². The smallest absolute Gasteiger partial charge is 0.280 e. The summed E-state index contributed by atoms with van der Waals surface area (Å²) in [6.07, 6.45) is 1.50. The highest BCUT2D eigenvalue weighted by atomic mass is 16.5. The molecule has 0 bridgehead atoms. The van der Waals surface area contributed by atoms with Gasteiger partial charge in [-0.05, 0) is 43.3 Å². The number of amides is 1. The fourth-order valence-corrected chi connectivity index (χ4v) is 2.66. The summed E-state index contributed by atoms with van der Waals surface area (Å²) in [5.74, 6) is 1.04. The van der Waals surface area contributed by atoms with Crippen molar-refractivity contribution in [3.63, 3.8) is 0 Å².